The normalized spacial score (nSPS) is 11.2. The molecule has 5 aromatic carbocycles. The standard InChI is InChI=1S/C45H30N6/c1-29-15-16-32-21-22-38-39(31-9-4-2-5-10-31)28-40(48-42(38)41(32)47-29)37-14-8-13-36(27-37)30-17-19-34(20-18-30)44-49-43(33-11-6-3-7-12-33)50-45(51-44)35-23-25-46-26-24-35/h2-28H,1H3. The summed E-state index contributed by atoms with van der Waals surface area (Å²) in [6, 6.07) is 52.0. The topological polar surface area (TPSA) is 77.3 Å². The highest BCUT2D eigenvalue weighted by Crippen LogP contribution is 2.36. The van der Waals surface area contributed by atoms with E-state index < -0.39 is 0 Å². The van der Waals surface area contributed by atoms with E-state index in [0.29, 0.717) is 17.5 Å². The first-order chi connectivity index (χ1) is 25.2. The summed E-state index contributed by atoms with van der Waals surface area (Å²) in [6.45, 7) is 2.03. The first kappa shape index (κ1) is 30.2. The molecular weight excluding hydrogens is 625 g/mol. The zero-order chi connectivity index (χ0) is 34.1. The second-order valence-electron chi connectivity index (χ2n) is 12.5. The van der Waals surface area contributed by atoms with E-state index in [1.807, 2.05) is 61.5 Å². The van der Waals surface area contributed by atoms with Gasteiger partial charge in [0.1, 0.15) is 0 Å². The van der Waals surface area contributed by atoms with Gasteiger partial charge in [0.2, 0.25) is 0 Å². The van der Waals surface area contributed by atoms with Crippen LogP contribution in [0.5, 0.6) is 0 Å². The van der Waals surface area contributed by atoms with Gasteiger partial charge in [-0.25, -0.2) is 19.9 Å². The average Bonchev–Trinajstić information content (AvgIpc) is 3.21. The van der Waals surface area contributed by atoms with E-state index in [9.17, 15) is 0 Å². The van der Waals surface area contributed by atoms with Gasteiger partial charge in [0, 0.05) is 51.1 Å². The molecule has 0 saturated heterocycles. The lowest BCUT2D eigenvalue weighted by molar-refractivity contribution is 1.07. The van der Waals surface area contributed by atoms with Crippen LogP contribution in [0.4, 0.5) is 0 Å². The van der Waals surface area contributed by atoms with Crippen LogP contribution in [0.15, 0.2) is 164 Å². The number of hydrogen-bond donors (Lipinski definition) is 0. The Balaban J connectivity index is 1.12. The molecule has 0 spiro atoms. The highest BCUT2D eigenvalue weighted by atomic mass is 15.0. The molecular formula is C45H30N6. The molecule has 0 saturated carbocycles. The Morgan fingerprint density at radius 2 is 0.941 bits per heavy atom. The predicted octanol–water partition coefficient (Wildman–Crippen LogP) is 10.7. The number of pyridine rings is 3. The van der Waals surface area contributed by atoms with Crippen LogP contribution in [0.3, 0.4) is 0 Å². The van der Waals surface area contributed by atoms with Gasteiger partial charge in [0.15, 0.2) is 17.5 Å². The SMILES string of the molecule is Cc1ccc2ccc3c(-c4ccccc4)cc(-c4cccc(-c5ccc(-c6nc(-c7ccccc7)nc(-c7ccncc7)n6)cc5)c4)nc3c2n1. The molecule has 0 aliphatic carbocycles. The Bertz CT molecular complexity index is 2620. The van der Waals surface area contributed by atoms with Crippen LogP contribution in [-0.2, 0) is 0 Å². The number of rotatable bonds is 6. The van der Waals surface area contributed by atoms with Gasteiger partial charge in [-0.05, 0) is 59.5 Å². The molecule has 240 valence electrons. The Hall–Kier alpha value is -6.92. The first-order valence-corrected chi connectivity index (χ1v) is 16.9. The van der Waals surface area contributed by atoms with Gasteiger partial charge in [-0.2, -0.15) is 0 Å². The van der Waals surface area contributed by atoms with E-state index >= 15 is 0 Å². The molecule has 0 amide bonds. The van der Waals surface area contributed by atoms with Crippen LogP contribution < -0.4 is 0 Å². The van der Waals surface area contributed by atoms with Crippen molar-refractivity contribution < 1.29 is 0 Å². The van der Waals surface area contributed by atoms with Crippen LogP contribution in [0, 0.1) is 6.92 Å². The van der Waals surface area contributed by atoms with Gasteiger partial charge in [-0.15, -0.1) is 0 Å². The minimum atomic E-state index is 0.605. The molecule has 0 atom stereocenters. The van der Waals surface area contributed by atoms with Gasteiger partial charge in [0.05, 0.1) is 16.7 Å². The number of nitrogens with zero attached hydrogens (tertiary/aromatic N) is 6. The van der Waals surface area contributed by atoms with Crippen LogP contribution in [0.2, 0.25) is 0 Å². The highest BCUT2D eigenvalue weighted by Gasteiger charge is 2.15. The van der Waals surface area contributed by atoms with E-state index in [2.05, 4.69) is 102 Å². The summed E-state index contributed by atoms with van der Waals surface area (Å²) in [5.41, 5.74) is 11.9. The van der Waals surface area contributed by atoms with Crippen molar-refractivity contribution in [2.24, 2.45) is 0 Å². The predicted molar refractivity (Wildman–Crippen MR) is 206 cm³/mol. The smallest absolute Gasteiger partial charge is 0.164 e. The molecule has 9 rings (SSSR count). The first-order valence-electron chi connectivity index (χ1n) is 16.9. The van der Waals surface area contributed by atoms with Crippen molar-refractivity contribution in [1.82, 2.24) is 29.9 Å². The Morgan fingerprint density at radius 1 is 0.373 bits per heavy atom. The van der Waals surface area contributed by atoms with Crippen molar-refractivity contribution in [1.29, 1.82) is 0 Å². The summed E-state index contributed by atoms with van der Waals surface area (Å²) in [6.07, 6.45) is 3.50. The maximum absolute atomic E-state index is 5.27. The van der Waals surface area contributed by atoms with Crippen molar-refractivity contribution in [2.45, 2.75) is 6.92 Å². The fourth-order valence-electron chi connectivity index (χ4n) is 6.49. The van der Waals surface area contributed by atoms with Gasteiger partial charge in [-0.3, -0.25) is 9.97 Å². The van der Waals surface area contributed by atoms with Crippen molar-refractivity contribution in [2.75, 3.05) is 0 Å². The van der Waals surface area contributed by atoms with Crippen molar-refractivity contribution in [3.8, 4) is 67.7 Å². The zero-order valence-electron chi connectivity index (χ0n) is 27.8. The maximum Gasteiger partial charge on any atom is 0.164 e. The zero-order valence-corrected chi connectivity index (χ0v) is 27.8. The Labute approximate surface area is 295 Å². The van der Waals surface area contributed by atoms with Gasteiger partial charge >= 0.3 is 0 Å². The largest absolute Gasteiger partial charge is 0.265 e. The lowest BCUT2D eigenvalue weighted by Crippen LogP contribution is -2.00. The molecule has 51 heavy (non-hydrogen) atoms. The molecule has 4 aromatic heterocycles. The summed E-state index contributed by atoms with van der Waals surface area (Å²) < 4.78 is 0. The lowest BCUT2D eigenvalue weighted by atomic mass is 9.95. The van der Waals surface area contributed by atoms with E-state index in [4.69, 9.17) is 24.9 Å². The van der Waals surface area contributed by atoms with Crippen LogP contribution in [0.25, 0.3) is 89.5 Å². The quantitative estimate of drug-likeness (QED) is 0.166. The molecule has 0 unspecified atom stereocenters. The molecule has 4 heterocycles. The molecule has 0 aliphatic heterocycles. The average molecular weight is 655 g/mol. The minimum Gasteiger partial charge on any atom is -0.265 e. The Morgan fingerprint density at radius 3 is 1.65 bits per heavy atom. The number of aryl methyl sites for hydroxylation is 1. The van der Waals surface area contributed by atoms with Gasteiger partial charge < -0.3 is 0 Å². The number of fused-ring (bicyclic) bond motifs is 3. The lowest BCUT2D eigenvalue weighted by Gasteiger charge is -2.13. The number of aromatic nitrogens is 6. The third-order valence-electron chi connectivity index (χ3n) is 9.10. The molecule has 0 radical (unpaired) electrons. The van der Waals surface area contributed by atoms with Gasteiger partial charge in [0.25, 0.3) is 0 Å². The summed E-state index contributed by atoms with van der Waals surface area (Å²) in [5.74, 6) is 1.84. The van der Waals surface area contributed by atoms with Crippen molar-refractivity contribution >= 4 is 21.8 Å². The maximum atomic E-state index is 5.27. The Kier molecular flexibility index (Phi) is 7.59. The molecule has 0 aliphatic rings. The monoisotopic (exact) mass is 654 g/mol. The van der Waals surface area contributed by atoms with Crippen LogP contribution >= 0.6 is 0 Å². The van der Waals surface area contributed by atoms with E-state index in [1.165, 1.54) is 0 Å². The summed E-state index contributed by atoms with van der Waals surface area (Å²) in [7, 11) is 0. The summed E-state index contributed by atoms with van der Waals surface area (Å²) in [4.78, 5) is 28.9. The number of hydrogen-bond acceptors (Lipinski definition) is 6. The van der Waals surface area contributed by atoms with Crippen LogP contribution in [-0.4, -0.2) is 29.9 Å². The molecule has 6 heteroatoms. The molecule has 0 fully saturated rings. The van der Waals surface area contributed by atoms with E-state index in [1.54, 1.807) is 12.4 Å². The minimum absolute atomic E-state index is 0.605. The summed E-state index contributed by atoms with van der Waals surface area (Å²) >= 11 is 0. The second-order valence-corrected chi connectivity index (χ2v) is 12.5. The van der Waals surface area contributed by atoms with Crippen molar-refractivity contribution in [3.05, 3.63) is 170 Å². The summed E-state index contributed by atoms with van der Waals surface area (Å²) in [5, 5.41) is 2.16. The molecule has 0 N–H and O–H groups in total. The highest BCUT2D eigenvalue weighted by molar-refractivity contribution is 6.09. The molecule has 0 bridgehead atoms. The molecule has 9 aromatic rings. The third kappa shape index (κ3) is 5.89. The van der Waals surface area contributed by atoms with E-state index in [0.717, 1.165) is 77.7 Å². The number of benzene rings is 5. The fourth-order valence-corrected chi connectivity index (χ4v) is 6.49. The molecule has 6 nitrogen and oxygen atoms in total. The van der Waals surface area contributed by atoms with Gasteiger partial charge in [-0.1, -0.05) is 121 Å². The second kappa shape index (κ2) is 12.8. The fraction of sp³-hybridized carbons (Fsp3) is 0.0222. The van der Waals surface area contributed by atoms with Crippen LogP contribution in [0.1, 0.15) is 5.69 Å². The third-order valence-corrected chi connectivity index (χ3v) is 9.10. The van der Waals surface area contributed by atoms with E-state index in [-0.39, 0.29) is 0 Å². The van der Waals surface area contributed by atoms with Crippen molar-refractivity contribution in [3.63, 3.8) is 0 Å².